The van der Waals surface area contributed by atoms with E-state index in [1.54, 1.807) is 14.2 Å². The van der Waals surface area contributed by atoms with Gasteiger partial charge < -0.3 is 14.4 Å². The number of likely N-dealkylation sites (tertiary alicyclic amines) is 1. The van der Waals surface area contributed by atoms with E-state index in [1.165, 1.54) is 4.90 Å². The van der Waals surface area contributed by atoms with Crippen molar-refractivity contribution in [2.24, 2.45) is 0 Å². The molecule has 27 heavy (non-hydrogen) atoms. The van der Waals surface area contributed by atoms with Crippen LogP contribution in [0.2, 0.25) is 0 Å². The third-order valence-corrected chi connectivity index (χ3v) is 5.59. The smallest absolute Gasteiger partial charge is 0.247 e. The summed E-state index contributed by atoms with van der Waals surface area (Å²) in [5, 5.41) is 0. The van der Waals surface area contributed by atoms with Crippen molar-refractivity contribution in [3.05, 3.63) is 23.8 Å². The van der Waals surface area contributed by atoms with E-state index in [2.05, 4.69) is 16.7 Å². The summed E-state index contributed by atoms with van der Waals surface area (Å²) in [5.74, 6) is 1.20. The van der Waals surface area contributed by atoms with Crippen LogP contribution in [0, 0.1) is 0 Å². The molecular weight excluding hydrogens is 346 g/mol. The Balaban J connectivity index is 1.59. The first-order chi connectivity index (χ1) is 13.1. The van der Waals surface area contributed by atoms with Crippen LogP contribution in [0.3, 0.4) is 0 Å². The van der Waals surface area contributed by atoms with Crippen LogP contribution in [0.25, 0.3) is 0 Å². The molecule has 0 spiro atoms. The van der Waals surface area contributed by atoms with Crippen molar-refractivity contribution in [2.75, 3.05) is 53.5 Å². The van der Waals surface area contributed by atoms with E-state index in [1.807, 2.05) is 18.2 Å². The first-order valence-electron chi connectivity index (χ1n) is 9.58. The Morgan fingerprint density at radius 1 is 1.04 bits per heavy atom. The Kier molecular flexibility index (Phi) is 6.34. The van der Waals surface area contributed by atoms with Gasteiger partial charge in [-0.25, -0.2) is 0 Å². The van der Waals surface area contributed by atoms with E-state index in [4.69, 9.17) is 9.47 Å². The zero-order valence-electron chi connectivity index (χ0n) is 16.4. The fraction of sp³-hybridized carbons (Fsp3) is 0.600. The summed E-state index contributed by atoms with van der Waals surface area (Å²) >= 11 is 0. The SMILES string of the molecule is CCN1CCN([C@H]2CC(=O)N(CCc3ccc(OC)c(OC)c3)C2=O)CC1. The number of hydrogen-bond donors (Lipinski definition) is 0. The minimum Gasteiger partial charge on any atom is -0.493 e. The lowest BCUT2D eigenvalue weighted by Crippen LogP contribution is -2.52. The van der Waals surface area contributed by atoms with Crippen molar-refractivity contribution in [3.8, 4) is 11.5 Å². The predicted molar refractivity (Wildman–Crippen MR) is 102 cm³/mol. The predicted octanol–water partition coefficient (Wildman–Crippen LogP) is 1.01. The van der Waals surface area contributed by atoms with Crippen LogP contribution < -0.4 is 9.47 Å². The summed E-state index contributed by atoms with van der Waals surface area (Å²) < 4.78 is 10.6. The lowest BCUT2D eigenvalue weighted by Gasteiger charge is -2.36. The maximum absolute atomic E-state index is 12.8. The van der Waals surface area contributed by atoms with Crippen LogP contribution in [0.1, 0.15) is 18.9 Å². The summed E-state index contributed by atoms with van der Waals surface area (Å²) in [5.41, 5.74) is 1.01. The van der Waals surface area contributed by atoms with Crippen molar-refractivity contribution in [2.45, 2.75) is 25.8 Å². The van der Waals surface area contributed by atoms with Crippen LogP contribution in [0.5, 0.6) is 11.5 Å². The average molecular weight is 375 g/mol. The number of amides is 2. The molecule has 7 heteroatoms. The van der Waals surface area contributed by atoms with Crippen molar-refractivity contribution in [3.63, 3.8) is 0 Å². The van der Waals surface area contributed by atoms with E-state index in [-0.39, 0.29) is 17.9 Å². The zero-order chi connectivity index (χ0) is 19.4. The van der Waals surface area contributed by atoms with Gasteiger partial charge in [0.05, 0.1) is 26.7 Å². The number of hydrogen-bond acceptors (Lipinski definition) is 6. The third-order valence-electron chi connectivity index (χ3n) is 5.59. The number of imide groups is 1. The monoisotopic (exact) mass is 375 g/mol. The van der Waals surface area contributed by atoms with Gasteiger partial charge in [0.2, 0.25) is 11.8 Å². The zero-order valence-corrected chi connectivity index (χ0v) is 16.4. The molecule has 0 saturated carbocycles. The number of ether oxygens (including phenoxy) is 2. The van der Waals surface area contributed by atoms with Gasteiger partial charge in [0.1, 0.15) is 0 Å². The average Bonchev–Trinajstić information content (AvgIpc) is 2.99. The minimum absolute atomic E-state index is 0.0505. The van der Waals surface area contributed by atoms with Gasteiger partial charge in [-0.2, -0.15) is 0 Å². The third kappa shape index (κ3) is 4.25. The van der Waals surface area contributed by atoms with Crippen LogP contribution in [-0.4, -0.2) is 86.0 Å². The van der Waals surface area contributed by atoms with Gasteiger partial charge in [-0.15, -0.1) is 0 Å². The molecule has 0 aliphatic carbocycles. The number of nitrogens with zero attached hydrogens (tertiary/aromatic N) is 3. The molecule has 0 aromatic heterocycles. The van der Waals surface area contributed by atoms with Gasteiger partial charge in [-0.3, -0.25) is 19.4 Å². The summed E-state index contributed by atoms with van der Waals surface area (Å²) in [4.78, 5) is 31.2. The lowest BCUT2D eigenvalue weighted by molar-refractivity contribution is -0.139. The molecular formula is C20H29N3O4. The molecule has 2 fully saturated rings. The summed E-state index contributed by atoms with van der Waals surface area (Å²) in [6.07, 6.45) is 0.908. The quantitative estimate of drug-likeness (QED) is 0.663. The molecule has 2 aliphatic rings. The van der Waals surface area contributed by atoms with E-state index in [9.17, 15) is 9.59 Å². The molecule has 1 aromatic carbocycles. The molecule has 0 bridgehead atoms. The fourth-order valence-electron chi connectivity index (χ4n) is 3.85. The van der Waals surface area contributed by atoms with Crippen molar-refractivity contribution in [1.29, 1.82) is 0 Å². The normalized spacial score (nSPS) is 21.7. The fourth-order valence-corrected chi connectivity index (χ4v) is 3.85. The second-order valence-electron chi connectivity index (χ2n) is 7.01. The van der Waals surface area contributed by atoms with Crippen LogP contribution in [-0.2, 0) is 16.0 Å². The first-order valence-corrected chi connectivity index (χ1v) is 9.58. The number of benzene rings is 1. The van der Waals surface area contributed by atoms with Gasteiger partial charge in [-0.05, 0) is 30.7 Å². The molecule has 2 amide bonds. The largest absolute Gasteiger partial charge is 0.493 e. The van der Waals surface area contributed by atoms with Gasteiger partial charge in [0, 0.05) is 32.7 Å². The number of likely N-dealkylation sites (N-methyl/N-ethyl adjacent to an activating group) is 1. The molecule has 2 aliphatic heterocycles. The molecule has 0 N–H and O–H groups in total. The molecule has 3 rings (SSSR count). The topological polar surface area (TPSA) is 62.3 Å². The minimum atomic E-state index is -0.290. The molecule has 2 saturated heterocycles. The first kappa shape index (κ1) is 19.6. The van der Waals surface area contributed by atoms with Gasteiger partial charge in [0.15, 0.2) is 11.5 Å². The Hall–Kier alpha value is -2.12. The maximum Gasteiger partial charge on any atom is 0.247 e. The second-order valence-corrected chi connectivity index (χ2v) is 7.01. The molecule has 1 aromatic rings. The molecule has 0 radical (unpaired) electrons. The Morgan fingerprint density at radius 3 is 2.37 bits per heavy atom. The van der Waals surface area contributed by atoms with Crippen molar-refractivity contribution in [1.82, 2.24) is 14.7 Å². The maximum atomic E-state index is 12.8. The highest BCUT2D eigenvalue weighted by Gasteiger charge is 2.42. The molecule has 2 heterocycles. The molecule has 148 valence electrons. The highest BCUT2D eigenvalue weighted by Crippen LogP contribution is 2.28. The molecule has 7 nitrogen and oxygen atoms in total. The van der Waals surface area contributed by atoms with E-state index in [0.717, 1.165) is 38.3 Å². The van der Waals surface area contributed by atoms with Crippen molar-refractivity contribution < 1.29 is 19.1 Å². The van der Waals surface area contributed by atoms with Crippen LogP contribution in [0.4, 0.5) is 0 Å². The van der Waals surface area contributed by atoms with Gasteiger partial charge in [-0.1, -0.05) is 13.0 Å². The van der Waals surface area contributed by atoms with E-state index < -0.39 is 0 Å². The number of piperazine rings is 1. The number of carbonyl (C=O) groups excluding carboxylic acids is 2. The number of methoxy groups -OCH3 is 2. The lowest BCUT2D eigenvalue weighted by atomic mass is 10.1. The van der Waals surface area contributed by atoms with Gasteiger partial charge >= 0.3 is 0 Å². The highest BCUT2D eigenvalue weighted by atomic mass is 16.5. The summed E-state index contributed by atoms with van der Waals surface area (Å²) in [6, 6.07) is 5.39. The molecule has 1 atom stereocenters. The van der Waals surface area contributed by atoms with Gasteiger partial charge in [0.25, 0.3) is 0 Å². The number of carbonyl (C=O) groups is 2. The van der Waals surface area contributed by atoms with Crippen molar-refractivity contribution >= 4 is 11.8 Å². The number of rotatable bonds is 7. The Labute approximate surface area is 160 Å². The molecule has 0 unspecified atom stereocenters. The summed E-state index contributed by atoms with van der Waals surface area (Å²) in [6.45, 7) is 7.19. The van der Waals surface area contributed by atoms with E-state index in [0.29, 0.717) is 30.9 Å². The standard InChI is InChI=1S/C20H29N3O4/c1-4-21-9-11-22(12-10-21)16-14-19(24)23(20(16)25)8-7-15-5-6-17(26-2)18(13-15)27-3/h5-6,13,16H,4,7-12,14H2,1-3H3/t16-/m0/s1. The van der Waals surface area contributed by atoms with E-state index >= 15 is 0 Å². The highest BCUT2D eigenvalue weighted by molar-refractivity contribution is 6.05. The van der Waals surface area contributed by atoms with Crippen LogP contribution >= 0.6 is 0 Å². The van der Waals surface area contributed by atoms with Crippen LogP contribution in [0.15, 0.2) is 18.2 Å². The Bertz CT molecular complexity index is 686. The summed E-state index contributed by atoms with van der Waals surface area (Å²) in [7, 11) is 3.19. The second kappa shape index (κ2) is 8.71. The Morgan fingerprint density at radius 2 is 1.74 bits per heavy atom.